The standard InChI is InChI=1S/C13H24N2/c1-4-5-9-15-10-7-12(6-8-14)13(2,3)11-15/h12H,4-7,9-11H2,1-3H3. The molecule has 1 saturated heterocycles. The molecule has 0 saturated carbocycles. The van der Waals surface area contributed by atoms with Gasteiger partial charge in [-0.1, -0.05) is 27.2 Å². The first-order chi connectivity index (χ1) is 7.10. The van der Waals surface area contributed by atoms with E-state index in [9.17, 15) is 0 Å². The molecule has 1 atom stereocenters. The molecule has 1 aliphatic heterocycles. The SMILES string of the molecule is CCCCN1CCC(CC#N)C(C)(C)C1. The molecule has 0 N–H and O–H groups in total. The van der Waals surface area contributed by atoms with Gasteiger partial charge in [0.1, 0.15) is 0 Å². The van der Waals surface area contributed by atoms with Gasteiger partial charge in [0.2, 0.25) is 0 Å². The fraction of sp³-hybridized carbons (Fsp3) is 0.923. The Bertz CT molecular complexity index is 227. The predicted molar refractivity (Wildman–Crippen MR) is 63.5 cm³/mol. The summed E-state index contributed by atoms with van der Waals surface area (Å²) in [6, 6.07) is 2.33. The normalized spacial score (nSPS) is 26.1. The molecule has 2 heteroatoms. The zero-order valence-corrected chi connectivity index (χ0v) is 10.4. The minimum atomic E-state index is 0.321. The number of unbranched alkanes of at least 4 members (excludes halogenated alkanes) is 1. The van der Waals surface area contributed by atoms with E-state index in [0.717, 1.165) is 6.42 Å². The summed E-state index contributed by atoms with van der Waals surface area (Å²) < 4.78 is 0. The van der Waals surface area contributed by atoms with Crippen LogP contribution in [0.5, 0.6) is 0 Å². The highest BCUT2D eigenvalue weighted by molar-refractivity contribution is 4.91. The molecule has 1 rings (SSSR count). The van der Waals surface area contributed by atoms with Gasteiger partial charge in [-0.15, -0.1) is 0 Å². The van der Waals surface area contributed by atoms with Crippen molar-refractivity contribution in [2.75, 3.05) is 19.6 Å². The molecule has 1 aliphatic rings. The fourth-order valence-electron chi connectivity index (χ4n) is 2.57. The van der Waals surface area contributed by atoms with Crippen LogP contribution < -0.4 is 0 Å². The van der Waals surface area contributed by atoms with E-state index < -0.39 is 0 Å². The quantitative estimate of drug-likeness (QED) is 0.710. The molecule has 0 amide bonds. The lowest BCUT2D eigenvalue weighted by Gasteiger charge is -2.43. The van der Waals surface area contributed by atoms with Crippen LogP contribution in [0.1, 0.15) is 46.5 Å². The van der Waals surface area contributed by atoms with Gasteiger partial charge >= 0.3 is 0 Å². The van der Waals surface area contributed by atoms with E-state index in [4.69, 9.17) is 5.26 Å². The molecule has 1 unspecified atom stereocenters. The summed E-state index contributed by atoms with van der Waals surface area (Å²) in [5.74, 6) is 0.598. The molecule has 0 spiro atoms. The van der Waals surface area contributed by atoms with Crippen molar-refractivity contribution in [2.24, 2.45) is 11.3 Å². The predicted octanol–water partition coefficient (Wildman–Crippen LogP) is 3.05. The average Bonchev–Trinajstić information content (AvgIpc) is 2.18. The van der Waals surface area contributed by atoms with Crippen molar-refractivity contribution >= 4 is 0 Å². The molecule has 0 aromatic carbocycles. The van der Waals surface area contributed by atoms with Crippen LogP contribution in [0.4, 0.5) is 0 Å². The molecule has 0 aliphatic carbocycles. The molecule has 0 bridgehead atoms. The van der Waals surface area contributed by atoms with Crippen LogP contribution in [0.25, 0.3) is 0 Å². The number of nitrogens with zero attached hydrogens (tertiary/aromatic N) is 2. The van der Waals surface area contributed by atoms with Crippen LogP contribution in [0, 0.1) is 22.7 Å². The summed E-state index contributed by atoms with van der Waals surface area (Å²) in [6.45, 7) is 10.5. The first kappa shape index (κ1) is 12.5. The van der Waals surface area contributed by atoms with Gasteiger partial charge in [0, 0.05) is 13.0 Å². The van der Waals surface area contributed by atoms with Crippen molar-refractivity contribution in [3.63, 3.8) is 0 Å². The molecule has 0 aromatic heterocycles. The summed E-state index contributed by atoms with van der Waals surface area (Å²) >= 11 is 0. The van der Waals surface area contributed by atoms with E-state index in [1.165, 1.54) is 38.9 Å². The highest BCUT2D eigenvalue weighted by atomic mass is 15.1. The Labute approximate surface area is 94.3 Å². The third-order valence-electron chi connectivity index (χ3n) is 3.70. The highest BCUT2D eigenvalue weighted by Crippen LogP contribution is 2.36. The van der Waals surface area contributed by atoms with Crippen molar-refractivity contribution in [3.8, 4) is 6.07 Å². The van der Waals surface area contributed by atoms with Gasteiger partial charge in [0.05, 0.1) is 6.07 Å². The van der Waals surface area contributed by atoms with Crippen LogP contribution in [0.15, 0.2) is 0 Å². The molecule has 0 radical (unpaired) electrons. The van der Waals surface area contributed by atoms with Crippen molar-refractivity contribution in [3.05, 3.63) is 0 Å². The van der Waals surface area contributed by atoms with E-state index in [0.29, 0.717) is 11.3 Å². The third-order valence-corrected chi connectivity index (χ3v) is 3.70. The number of rotatable bonds is 4. The molecule has 1 fully saturated rings. The van der Waals surface area contributed by atoms with Gasteiger partial charge in [0.25, 0.3) is 0 Å². The molecule has 2 nitrogen and oxygen atoms in total. The van der Waals surface area contributed by atoms with Gasteiger partial charge in [-0.3, -0.25) is 0 Å². The van der Waals surface area contributed by atoms with Gasteiger partial charge in [-0.25, -0.2) is 0 Å². The van der Waals surface area contributed by atoms with Gasteiger partial charge in [0.15, 0.2) is 0 Å². The fourth-order valence-corrected chi connectivity index (χ4v) is 2.57. The third kappa shape index (κ3) is 3.50. The maximum Gasteiger partial charge on any atom is 0.0624 e. The smallest absolute Gasteiger partial charge is 0.0624 e. The molecule has 1 heterocycles. The summed E-state index contributed by atoms with van der Waals surface area (Å²) in [5, 5.41) is 8.79. The van der Waals surface area contributed by atoms with E-state index in [1.807, 2.05) is 0 Å². The number of likely N-dealkylation sites (tertiary alicyclic amines) is 1. The van der Waals surface area contributed by atoms with Crippen LogP contribution in [0.3, 0.4) is 0 Å². The first-order valence-electron chi connectivity index (χ1n) is 6.19. The zero-order chi connectivity index (χ0) is 11.3. The Hall–Kier alpha value is -0.550. The minimum Gasteiger partial charge on any atom is -0.303 e. The number of nitriles is 1. The van der Waals surface area contributed by atoms with Crippen molar-refractivity contribution in [1.82, 2.24) is 4.90 Å². The second-order valence-corrected chi connectivity index (χ2v) is 5.47. The lowest BCUT2D eigenvalue weighted by Crippen LogP contribution is -2.45. The lowest BCUT2D eigenvalue weighted by atomic mass is 9.72. The maximum atomic E-state index is 8.79. The van der Waals surface area contributed by atoms with Crippen LogP contribution in [-0.2, 0) is 0 Å². The van der Waals surface area contributed by atoms with E-state index in [-0.39, 0.29) is 0 Å². The van der Waals surface area contributed by atoms with Crippen molar-refractivity contribution in [1.29, 1.82) is 5.26 Å². The van der Waals surface area contributed by atoms with Crippen molar-refractivity contribution in [2.45, 2.75) is 46.5 Å². The molecular weight excluding hydrogens is 184 g/mol. The highest BCUT2D eigenvalue weighted by Gasteiger charge is 2.35. The summed E-state index contributed by atoms with van der Waals surface area (Å²) in [6.07, 6.45) is 4.51. The minimum absolute atomic E-state index is 0.321. The van der Waals surface area contributed by atoms with E-state index in [1.54, 1.807) is 0 Å². The van der Waals surface area contributed by atoms with E-state index in [2.05, 4.69) is 31.7 Å². The largest absolute Gasteiger partial charge is 0.303 e. The Kier molecular flexibility index (Phi) is 4.60. The first-order valence-corrected chi connectivity index (χ1v) is 6.19. The summed E-state index contributed by atoms with van der Waals surface area (Å²) in [4.78, 5) is 2.57. The van der Waals surface area contributed by atoms with Crippen LogP contribution in [-0.4, -0.2) is 24.5 Å². The van der Waals surface area contributed by atoms with Crippen LogP contribution >= 0.6 is 0 Å². The molecule has 86 valence electrons. The Balaban J connectivity index is 2.45. The van der Waals surface area contributed by atoms with Gasteiger partial charge in [-0.2, -0.15) is 5.26 Å². The maximum absolute atomic E-state index is 8.79. The lowest BCUT2D eigenvalue weighted by molar-refractivity contribution is 0.0567. The molecule has 15 heavy (non-hydrogen) atoms. The second kappa shape index (κ2) is 5.51. The average molecular weight is 208 g/mol. The second-order valence-electron chi connectivity index (χ2n) is 5.47. The van der Waals surface area contributed by atoms with Crippen LogP contribution in [0.2, 0.25) is 0 Å². The molecule has 0 aromatic rings. The topological polar surface area (TPSA) is 27.0 Å². The van der Waals surface area contributed by atoms with Gasteiger partial charge in [-0.05, 0) is 37.3 Å². The number of hydrogen-bond acceptors (Lipinski definition) is 2. The summed E-state index contributed by atoms with van der Waals surface area (Å²) in [5.41, 5.74) is 0.321. The Morgan fingerprint density at radius 3 is 2.73 bits per heavy atom. The Morgan fingerprint density at radius 1 is 1.47 bits per heavy atom. The van der Waals surface area contributed by atoms with E-state index >= 15 is 0 Å². The zero-order valence-electron chi connectivity index (χ0n) is 10.4. The summed E-state index contributed by atoms with van der Waals surface area (Å²) in [7, 11) is 0. The monoisotopic (exact) mass is 208 g/mol. The number of piperidine rings is 1. The number of hydrogen-bond donors (Lipinski definition) is 0. The van der Waals surface area contributed by atoms with Crippen molar-refractivity contribution < 1.29 is 0 Å². The molecular formula is C13H24N2. The Morgan fingerprint density at radius 2 is 2.20 bits per heavy atom. The van der Waals surface area contributed by atoms with Gasteiger partial charge < -0.3 is 4.90 Å².